The number of nitrogens with one attached hydrogen (secondary N) is 1. The van der Waals surface area contributed by atoms with Gasteiger partial charge in [-0.05, 0) is 12.3 Å². The Balaban J connectivity index is 0.00000196. The van der Waals surface area contributed by atoms with E-state index in [4.69, 9.17) is 10.5 Å². The minimum Gasteiger partial charge on any atom is -0.381 e. The molecule has 4 nitrogen and oxygen atoms in total. The van der Waals surface area contributed by atoms with Gasteiger partial charge in [0.05, 0.1) is 12.6 Å². The van der Waals surface area contributed by atoms with Crippen molar-refractivity contribution in [3.8, 4) is 0 Å². The summed E-state index contributed by atoms with van der Waals surface area (Å²) in [6.45, 7) is 6.17. The van der Waals surface area contributed by atoms with Crippen LogP contribution >= 0.6 is 12.4 Å². The van der Waals surface area contributed by atoms with Gasteiger partial charge in [0.15, 0.2) is 0 Å². The van der Waals surface area contributed by atoms with Crippen LogP contribution in [0.2, 0.25) is 0 Å². The maximum absolute atomic E-state index is 11.5. The Bertz CT molecular complexity index is 194. The molecule has 0 saturated carbocycles. The fourth-order valence-corrected chi connectivity index (χ4v) is 1.41. The minimum atomic E-state index is -0.391. The first-order valence-corrected chi connectivity index (χ1v) is 5.22. The van der Waals surface area contributed by atoms with Crippen molar-refractivity contribution >= 4 is 18.3 Å². The van der Waals surface area contributed by atoms with Gasteiger partial charge in [-0.15, -0.1) is 12.4 Å². The van der Waals surface area contributed by atoms with E-state index in [0.717, 1.165) is 19.6 Å². The zero-order chi connectivity index (χ0) is 10.6. The lowest BCUT2D eigenvalue weighted by molar-refractivity contribution is -0.123. The van der Waals surface area contributed by atoms with Crippen molar-refractivity contribution in [3.63, 3.8) is 0 Å². The summed E-state index contributed by atoms with van der Waals surface area (Å²) in [5.74, 6) is 0.611. The Morgan fingerprint density at radius 2 is 2.27 bits per heavy atom. The van der Waals surface area contributed by atoms with Gasteiger partial charge in [0.2, 0.25) is 5.91 Å². The third-order valence-corrected chi connectivity index (χ3v) is 2.61. The van der Waals surface area contributed by atoms with Crippen LogP contribution in [0.4, 0.5) is 0 Å². The van der Waals surface area contributed by atoms with E-state index in [1.807, 2.05) is 13.8 Å². The number of nitrogens with two attached hydrogens (primary N) is 1. The molecule has 0 bridgehead atoms. The van der Waals surface area contributed by atoms with Crippen LogP contribution in [0, 0.1) is 11.8 Å². The molecule has 0 aliphatic carbocycles. The van der Waals surface area contributed by atoms with Gasteiger partial charge in [0.25, 0.3) is 0 Å². The first kappa shape index (κ1) is 14.7. The number of ether oxygens (including phenoxy) is 1. The molecule has 1 saturated heterocycles. The van der Waals surface area contributed by atoms with Crippen molar-refractivity contribution in [3.05, 3.63) is 0 Å². The van der Waals surface area contributed by atoms with Crippen LogP contribution in [0.3, 0.4) is 0 Å². The molecule has 1 rings (SSSR count). The molecule has 2 atom stereocenters. The predicted molar refractivity (Wildman–Crippen MR) is 62.0 cm³/mol. The molecule has 0 aromatic rings. The largest absolute Gasteiger partial charge is 0.381 e. The third-order valence-electron chi connectivity index (χ3n) is 2.61. The van der Waals surface area contributed by atoms with Gasteiger partial charge < -0.3 is 15.8 Å². The maximum atomic E-state index is 11.5. The Hall–Kier alpha value is -0.320. The molecule has 0 spiro atoms. The predicted octanol–water partition coefficient (Wildman–Crippen LogP) is 0.544. The monoisotopic (exact) mass is 236 g/mol. The number of rotatable bonds is 4. The standard InChI is InChI=1S/C10H20N2O2.ClH/c1-7(2)9(11)10(13)12-5-8-3-4-14-6-8;/h7-9H,3-6,11H2,1-2H3,(H,12,13);1H. The first-order valence-electron chi connectivity index (χ1n) is 5.22. The molecule has 1 amide bonds. The van der Waals surface area contributed by atoms with Crippen molar-refractivity contribution in [2.24, 2.45) is 17.6 Å². The lowest BCUT2D eigenvalue weighted by Crippen LogP contribution is -2.45. The van der Waals surface area contributed by atoms with E-state index in [-0.39, 0.29) is 24.2 Å². The number of amides is 1. The molecule has 15 heavy (non-hydrogen) atoms. The zero-order valence-corrected chi connectivity index (χ0v) is 10.2. The highest BCUT2D eigenvalue weighted by molar-refractivity contribution is 5.85. The Kier molecular flexibility index (Phi) is 6.89. The highest BCUT2D eigenvalue weighted by atomic mass is 35.5. The maximum Gasteiger partial charge on any atom is 0.237 e. The summed E-state index contributed by atoms with van der Waals surface area (Å²) < 4.78 is 5.21. The van der Waals surface area contributed by atoms with E-state index < -0.39 is 6.04 Å². The second-order valence-electron chi connectivity index (χ2n) is 4.24. The quantitative estimate of drug-likeness (QED) is 0.749. The third kappa shape index (κ3) is 4.82. The SMILES string of the molecule is CC(C)C(N)C(=O)NCC1CCOC1.Cl. The van der Waals surface area contributed by atoms with Gasteiger partial charge in [-0.1, -0.05) is 13.8 Å². The summed E-state index contributed by atoms with van der Waals surface area (Å²) in [7, 11) is 0. The van der Waals surface area contributed by atoms with Crippen LogP contribution < -0.4 is 11.1 Å². The fraction of sp³-hybridized carbons (Fsp3) is 0.900. The molecule has 5 heteroatoms. The van der Waals surface area contributed by atoms with Crippen molar-refractivity contribution in [1.82, 2.24) is 5.32 Å². The van der Waals surface area contributed by atoms with E-state index in [0.29, 0.717) is 12.5 Å². The van der Waals surface area contributed by atoms with Crippen LogP contribution in [-0.4, -0.2) is 31.7 Å². The summed E-state index contributed by atoms with van der Waals surface area (Å²) in [5, 5.41) is 2.86. The topological polar surface area (TPSA) is 64.4 Å². The summed E-state index contributed by atoms with van der Waals surface area (Å²) in [6, 6.07) is -0.391. The van der Waals surface area contributed by atoms with Crippen molar-refractivity contribution in [2.75, 3.05) is 19.8 Å². The minimum absolute atomic E-state index is 0. The molecule has 1 fully saturated rings. The fourth-order valence-electron chi connectivity index (χ4n) is 1.41. The zero-order valence-electron chi connectivity index (χ0n) is 9.36. The van der Waals surface area contributed by atoms with Crippen molar-refractivity contribution in [1.29, 1.82) is 0 Å². The van der Waals surface area contributed by atoms with Crippen LogP contribution in [-0.2, 0) is 9.53 Å². The van der Waals surface area contributed by atoms with Gasteiger partial charge in [0, 0.05) is 19.1 Å². The van der Waals surface area contributed by atoms with Crippen LogP contribution in [0.25, 0.3) is 0 Å². The summed E-state index contributed by atoms with van der Waals surface area (Å²) in [4.78, 5) is 11.5. The average molecular weight is 237 g/mol. The van der Waals surface area contributed by atoms with E-state index >= 15 is 0 Å². The van der Waals surface area contributed by atoms with Crippen molar-refractivity contribution in [2.45, 2.75) is 26.3 Å². The Labute approximate surface area is 97.3 Å². The number of hydrogen-bond donors (Lipinski definition) is 2. The second-order valence-corrected chi connectivity index (χ2v) is 4.24. The number of carbonyl (C=O) groups excluding carboxylic acids is 1. The normalized spacial score (nSPS) is 22.3. The van der Waals surface area contributed by atoms with Crippen LogP contribution in [0.5, 0.6) is 0 Å². The molecular formula is C10H21ClN2O2. The van der Waals surface area contributed by atoms with Gasteiger partial charge in [-0.2, -0.15) is 0 Å². The molecule has 3 N–H and O–H groups in total. The number of hydrogen-bond acceptors (Lipinski definition) is 3. The Morgan fingerprint density at radius 1 is 1.60 bits per heavy atom. The molecule has 1 heterocycles. The summed E-state index contributed by atoms with van der Waals surface area (Å²) in [6.07, 6.45) is 1.04. The molecule has 1 aliphatic rings. The van der Waals surface area contributed by atoms with Gasteiger partial charge in [0.1, 0.15) is 0 Å². The van der Waals surface area contributed by atoms with E-state index in [2.05, 4.69) is 5.32 Å². The van der Waals surface area contributed by atoms with Gasteiger partial charge >= 0.3 is 0 Å². The molecule has 2 unspecified atom stereocenters. The van der Waals surface area contributed by atoms with E-state index in [1.54, 1.807) is 0 Å². The first-order chi connectivity index (χ1) is 6.61. The van der Waals surface area contributed by atoms with Crippen molar-refractivity contribution < 1.29 is 9.53 Å². The molecule has 90 valence electrons. The van der Waals surface area contributed by atoms with Crippen LogP contribution in [0.15, 0.2) is 0 Å². The molecule has 0 aromatic carbocycles. The van der Waals surface area contributed by atoms with Gasteiger partial charge in [-0.25, -0.2) is 0 Å². The number of carbonyl (C=O) groups is 1. The Morgan fingerprint density at radius 3 is 2.73 bits per heavy atom. The molecule has 0 radical (unpaired) electrons. The molecular weight excluding hydrogens is 216 g/mol. The average Bonchev–Trinajstić information content (AvgIpc) is 2.65. The van der Waals surface area contributed by atoms with Gasteiger partial charge in [-0.3, -0.25) is 4.79 Å². The second kappa shape index (κ2) is 7.04. The smallest absolute Gasteiger partial charge is 0.237 e. The highest BCUT2D eigenvalue weighted by Gasteiger charge is 2.20. The summed E-state index contributed by atoms with van der Waals surface area (Å²) in [5.41, 5.74) is 5.70. The lowest BCUT2D eigenvalue weighted by Gasteiger charge is -2.16. The lowest BCUT2D eigenvalue weighted by atomic mass is 10.0. The summed E-state index contributed by atoms with van der Waals surface area (Å²) >= 11 is 0. The molecule has 0 aromatic heterocycles. The van der Waals surface area contributed by atoms with E-state index in [9.17, 15) is 4.79 Å². The van der Waals surface area contributed by atoms with E-state index in [1.165, 1.54) is 0 Å². The number of halogens is 1. The highest BCUT2D eigenvalue weighted by Crippen LogP contribution is 2.10. The van der Waals surface area contributed by atoms with Crippen LogP contribution in [0.1, 0.15) is 20.3 Å². The molecule has 1 aliphatic heterocycles.